The molecule has 17 heavy (non-hydrogen) atoms. The van der Waals surface area contributed by atoms with Crippen molar-refractivity contribution in [3.05, 3.63) is 42.5 Å². The maximum atomic E-state index is 11.4. The van der Waals surface area contributed by atoms with Gasteiger partial charge in [0.1, 0.15) is 4.90 Å². The molecular weight excluding hydrogens is 242 g/mol. The Morgan fingerprint density at radius 2 is 1.65 bits per heavy atom. The molecule has 3 N–H and O–H groups in total. The van der Waals surface area contributed by atoms with Gasteiger partial charge < -0.3 is 10.3 Å². The molecule has 2 aromatic carbocycles. The monoisotopic (exact) mass is 253 g/mol. The van der Waals surface area contributed by atoms with Crippen molar-refractivity contribution in [2.24, 2.45) is 0 Å². The van der Waals surface area contributed by atoms with Crippen LogP contribution < -0.4 is 6.15 Å². The van der Waals surface area contributed by atoms with Crippen molar-refractivity contribution in [3.8, 4) is 0 Å². The van der Waals surface area contributed by atoms with Crippen molar-refractivity contribution < 1.29 is 17.4 Å². The van der Waals surface area contributed by atoms with E-state index in [2.05, 4.69) is 4.18 Å². The molecule has 2 rings (SSSR count). The molecule has 0 amide bonds. The maximum Gasteiger partial charge on any atom is 0.341 e. The minimum Gasteiger partial charge on any atom is -0.345 e. The Morgan fingerprint density at radius 3 is 2.29 bits per heavy atom. The molecule has 0 saturated carbocycles. The Hall–Kier alpha value is -1.92. The van der Waals surface area contributed by atoms with E-state index in [0.717, 1.165) is 10.8 Å². The molecule has 0 aromatic heterocycles. The zero-order valence-corrected chi connectivity index (χ0v) is 9.68. The minimum atomic E-state index is -3.97. The first kappa shape index (κ1) is 13.1. The van der Waals surface area contributed by atoms with E-state index < -0.39 is 10.1 Å². The van der Waals surface area contributed by atoms with Gasteiger partial charge in [-0.1, -0.05) is 30.3 Å². The van der Waals surface area contributed by atoms with Crippen LogP contribution in [0.25, 0.3) is 10.8 Å². The minimum absolute atomic E-state index is 0. The zero-order valence-electron chi connectivity index (χ0n) is 8.87. The normalized spacial score (nSPS) is 10.6. The van der Waals surface area contributed by atoms with Crippen LogP contribution in [0.3, 0.4) is 0 Å². The Kier molecular flexibility index (Phi) is 3.82. The molecule has 0 unspecified atom stereocenters. The van der Waals surface area contributed by atoms with Crippen LogP contribution >= 0.6 is 0 Å². The van der Waals surface area contributed by atoms with Crippen LogP contribution in [-0.4, -0.2) is 14.9 Å². The summed E-state index contributed by atoms with van der Waals surface area (Å²) in [5.74, 6) is 0. The van der Waals surface area contributed by atoms with Gasteiger partial charge >= 0.3 is 16.6 Å². The highest BCUT2D eigenvalue weighted by Crippen LogP contribution is 2.19. The summed E-state index contributed by atoms with van der Waals surface area (Å²) in [5, 5.41) is 1.70. The molecule has 2 aromatic rings. The van der Waals surface area contributed by atoms with Crippen LogP contribution in [0.15, 0.2) is 47.4 Å². The van der Waals surface area contributed by atoms with E-state index >= 15 is 0 Å². The van der Waals surface area contributed by atoms with Crippen molar-refractivity contribution >= 4 is 27.4 Å². The van der Waals surface area contributed by atoms with Gasteiger partial charge in [-0.15, -0.1) is 0 Å². The van der Waals surface area contributed by atoms with Gasteiger partial charge in [0.05, 0.1) is 0 Å². The lowest BCUT2D eigenvalue weighted by molar-refractivity contribution is -0.120. The lowest BCUT2D eigenvalue weighted by Gasteiger charge is -2.02. The summed E-state index contributed by atoms with van der Waals surface area (Å²) in [7, 11) is -3.97. The second-order valence-corrected chi connectivity index (χ2v) is 4.73. The summed E-state index contributed by atoms with van der Waals surface area (Å²) in [5.41, 5.74) is 0. The molecule has 0 aliphatic rings. The third-order valence-electron chi connectivity index (χ3n) is 2.18. The molecule has 0 aliphatic carbocycles. The quantitative estimate of drug-likeness (QED) is 0.665. The highest BCUT2D eigenvalue weighted by molar-refractivity contribution is 7.87. The topological polar surface area (TPSA) is 95.4 Å². The first-order valence-electron chi connectivity index (χ1n) is 4.49. The Balaban J connectivity index is 0.00000144. The molecule has 0 heterocycles. The third kappa shape index (κ3) is 2.61. The number of hydrogen-bond donors (Lipinski definition) is 1. The lowest BCUT2D eigenvalue weighted by Crippen LogP contribution is -2.04. The Morgan fingerprint density at radius 1 is 1.00 bits per heavy atom. The number of hydrogen-bond acceptors (Lipinski definition) is 5. The van der Waals surface area contributed by atoms with E-state index in [9.17, 15) is 13.2 Å². The molecule has 5 nitrogen and oxygen atoms in total. The van der Waals surface area contributed by atoms with E-state index in [0.29, 0.717) is 0 Å². The van der Waals surface area contributed by atoms with Gasteiger partial charge in [0.2, 0.25) is 0 Å². The molecule has 0 fully saturated rings. The van der Waals surface area contributed by atoms with Gasteiger partial charge in [-0.3, -0.25) is 4.79 Å². The average molecular weight is 253 g/mol. The lowest BCUT2D eigenvalue weighted by atomic mass is 10.1. The van der Waals surface area contributed by atoms with Crippen molar-refractivity contribution in [2.45, 2.75) is 4.90 Å². The fourth-order valence-electron chi connectivity index (χ4n) is 1.43. The maximum absolute atomic E-state index is 11.4. The van der Waals surface area contributed by atoms with Crippen LogP contribution in [0.4, 0.5) is 0 Å². The second-order valence-electron chi connectivity index (χ2n) is 3.16. The van der Waals surface area contributed by atoms with Gasteiger partial charge in [0, 0.05) is 0 Å². The molecule has 90 valence electrons. The summed E-state index contributed by atoms with van der Waals surface area (Å²) in [6.07, 6.45) is 0. The van der Waals surface area contributed by atoms with Crippen molar-refractivity contribution in [1.29, 1.82) is 0 Å². The number of rotatable bonds is 3. The van der Waals surface area contributed by atoms with Crippen LogP contribution in [0.1, 0.15) is 0 Å². The highest BCUT2D eigenvalue weighted by Gasteiger charge is 2.14. The summed E-state index contributed by atoms with van der Waals surface area (Å²) < 4.78 is 26.9. The number of carbonyl (C=O) groups is 1. The van der Waals surface area contributed by atoms with Crippen LogP contribution in [0.2, 0.25) is 0 Å². The van der Waals surface area contributed by atoms with Crippen molar-refractivity contribution in [1.82, 2.24) is 6.15 Å². The Bertz CT molecular complexity index is 637. The van der Waals surface area contributed by atoms with Gasteiger partial charge in [-0.05, 0) is 22.9 Å². The smallest absolute Gasteiger partial charge is 0.341 e. The highest BCUT2D eigenvalue weighted by atomic mass is 32.2. The molecule has 6 heteroatoms. The molecule has 0 saturated heterocycles. The van der Waals surface area contributed by atoms with Gasteiger partial charge in [0.25, 0.3) is 0 Å². The van der Waals surface area contributed by atoms with E-state index in [1.54, 1.807) is 18.2 Å². The predicted octanol–water partition coefficient (Wildman–Crippen LogP) is 1.86. The first-order valence-corrected chi connectivity index (χ1v) is 5.90. The number of benzene rings is 2. The standard InChI is InChI=1S/C11H8O4S.H3N/c12-8-15-16(13,14)11-6-5-9-3-1-2-4-10(9)7-11;/h1-8H;1H3. The van der Waals surface area contributed by atoms with Crippen LogP contribution in [-0.2, 0) is 19.1 Å². The molecule has 0 spiro atoms. The fourth-order valence-corrected chi connectivity index (χ4v) is 2.15. The fraction of sp³-hybridized carbons (Fsp3) is 0. The first-order chi connectivity index (χ1) is 7.63. The zero-order chi connectivity index (χ0) is 11.6. The molecule has 0 radical (unpaired) electrons. The van der Waals surface area contributed by atoms with Crippen molar-refractivity contribution in [2.75, 3.05) is 0 Å². The molecule has 0 aliphatic heterocycles. The SMILES string of the molecule is N.O=COS(=O)(=O)c1ccc2ccccc2c1. The van der Waals surface area contributed by atoms with E-state index in [1.165, 1.54) is 12.1 Å². The van der Waals surface area contributed by atoms with E-state index in [-0.39, 0.29) is 17.5 Å². The largest absolute Gasteiger partial charge is 0.345 e. The number of fused-ring (bicyclic) bond motifs is 1. The summed E-state index contributed by atoms with van der Waals surface area (Å²) >= 11 is 0. The molecule has 0 bridgehead atoms. The summed E-state index contributed by atoms with van der Waals surface area (Å²) in [4.78, 5) is 10.0. The van der Waals surface area contributed by atoms with E-state index in [4.69, 9.17) is 0 Å². The molecule has 0 atom stereocenters. The van der Waals surface area contributed by atoms with Crippen molar-refractivity contribution in [3.63, 3.8) is 0 Å². The van der Waals surface area contributed by atoms with Crippen LogP contribution in [0.5, 0.6) is 0 Å². The second kappa shape index (κ2) is 4.94. The van der Waals surface area contributed by atoms with Gasteiger partial charge in [0.15, 0.2) is 0 Å². The average Bonchev–Trinajstić information content (AvgIpc) is 2.28. The Labute approximate surface area is 98.7 Å². The van der Waals surface area contributed by atoms with E-state index in [1.807, 2.05) is 12.1 Å². The van der Waals surface area contributed by atoms with Crippen LogP contribution in [0, 0.1) is 0 Å². The van der Waals surface area contributed by atoms with Gasteiger partial charge in [-0.2, -0.15) is 8.42 Å². The molecular formula is C11H11NO4S. The van der Waals surface area contributed by atoms with Gasteiger partial charge in [-0.25, -0.2) is 0 Å². The summed E-state index contributed by atoms with van der Waals surface area (Å²) in [6.45, 7) is -0.0927. The summed E-state index contributed by atoms with van der Waals surface area (Å²) in [6, 6.07) is 11.9. The number of carbonyl (C=O) groups excluding carboxylic acids is 1. The predicted molar refractivity (Wildman–Crippen MR) is 63.3 cm³/mol. The third-order valence-corrected chi connectivity index (χ3v) is 3.34.